The minimum absolute atomic E-state index is 0.0808. The molecular formula is C19H20N4O6S2. The van der Waals surface area contributed by atoms with Crippen LogP contribution in [0.4, 0.5) is 10.8 Å². The third-order valence-corrected chi connectivity index (χ3v) is 7.58. The van der Waals surface area contributed by atoms with Crippen LogP contribution in [-0.2, 0) is 10.0 Å². The number of sulfonamides is 1. The average Bonchev–Trinajstić information content (AvgIpc) is 3.14. The second-order valence-electron chi connectivity index (χ2n) is 6.86. The monoisotopic (exact) mass is 464 g/mol. The maximum Gasteiger partial charge on any atom is 0.274 e. The molecule has 0 aliphatic carbocycles. The number of thiazole rings is 1. The zero-order valence-corrected chi connectivity index (χ0v) is 18.8. The van der Waals surface area contributed by atoms with Crippen LogP contribution in [0, 0.1) is 10.1 Å². The molecule has 0 radical (unpaired) electrons. The van der Waals surface area contributed by atoms with Gasteiger partial charge in [-0.15, -0.1) is 0 Å². The highest BCUT2D eigenvalue weighted by molar-refractivity contribution is 7.89. The molecule has 1 heterocycles. The Morgan fingerprint density at radius 1 is 1.26 bits per heavy atom. The molecule has 0 bridgehead atoms. The number of hydrogen-bond acceptors (Lipinski definition) is 8. The SMILES string of the molecule is COc1cc([N+](=O)[O-])cc2sc(NC(=O)c3ccc(S(=O)(=O)N(C)C(C)C)cc3)nc12. The van der Waals surface area contributed by atoms with Gasteiger partial charge in [0.15, 0.2) is 10.9 Å². The fourth-order valence-corrected chi connectivity index (χ4v) is 4.97. The summed E-state index contributed by atoms with van der Waals surface area (Å²) >= 11 is 1.07. The number of nitro groups is 1. The van der Waals surface area contributed by atoms with Crippen molar-refractivity contribution in [2.24, 2.45) is 0 Å². The second kappa shape index (κ2) is 8.57. The van der Waals surface area contributed by atoms with Crippen molar-refractivity contribution in [1.29, 1.82) is 0 Å². The first-order valence-corrected chi connectivity index (χ1v) is 11.3. The number of nitrogens with one attached hydrogen (secondary N) is 1. The van der Waals surface area contributed by atoms with Crippen molar-refractivity contribution in [3.8, 4) is 5.75 Å². The van der Waals surface area contributed by atoms with Crippen LogP contribution in [0.2, 0.25) is 0 Å². The fraction of sp³-hybridized carbons (Fsp3) is 0.263. The van der Waals surface area contributed by atoms with Gasteiger partial charge in [-0.2, -0.15) is 4.31 Å². The number of hydrogen-bond donors (Lipinski definition) is 1. The van der Waals surface area contributed by atoms with Gasteiger partial charge in [-0.05, 0) is 38.1 Å². The van der Waals surface area contributed by atoms with E-state index in [0.29, 0.717) is 10.2 Å². The van der Waals surface area contributed by atoms with E-state index in [4.69, 9.17) is 4.74 Å². The molecule has 0 aliphatic rings. The number of aromatic nitrogens is 1. The standard InChI is InChI=1S/C19H20N4O6S2/c1-11(2)22(3)31(27,28)14-7-5-12(6-8-14)18(24)21-19-20-17-15(29-4)9-13(23(25)26)10-16(17)30-19/h5-11H,1-4H3,(H,20,21,24). The highest BCUT2D eigenvalue weighted by atomic mass is 32.2. The average molecular weight is 465 g/mol. The highest BCUT2D eigenvalue weighted by Crippen LogP contribution is 2.36. The third kappa shape index (κ3) is 4.50. The van der Waals surface area contributed by atoms with Crippen LogP contribution in [0.25, 0.3) is 10.2 Å². The van der Waals surface area contributed by atoms with E-state index < -0.39 is 20.9 Å². The molecule has 3 aromatic rings. The van der Waals surface area contributed by atoms with Crippen molar-refractivity contribution in [2.45, 2.75) is 24.8 Å². The molecule has 31 heavy (non-hydrogen) atoms. The van der Waals surface area contributed by atoms with E-state index >= 15 is 0 Å². The van der Waals surface area contributed by atoms with Crippen molar-refractivity contribution in [1.82, 2.24) is 9.29 Å². The Labute approximate surface area is 182 Å². The highest BCUT2D eigenvalue weighted by Gasteiger charge is 2.23. The Kier molecular flexibility index (Phi) is 6.25. The molecule has 0 saturated carbocycles. The Hall–Kier alpha value is -3.09. The number of amides is 1. The summed E-state index contributed by atoms with van der Waals surface area (Å²) in [7, 11) is -0.784. The van der Waals surface area contributed by atoms with E-state index in [9.17, 15) is 23.3 Å². The van der Waals surface area contributed by atoms with Gasteiger partial charge in [-0.1, -0.05) is 11.3 Å². The smallest absolute Gasteiger partial charge is 0.274 e. The maximum atomic E-state index is 12.6. The van der Waals surface area contributed by atoms with E-state index in [1.165, 1.54) is 54.9 Å². The van der Waals surface area contributed by atoms with E-state index in [0.717, 1.165) is 11.3 Å². The van der Waals surface area contributed by atoms with Gasteiger partial charge in [0.2, 0.25) is 10.0 Å². The number of rotatable bonds is 7. The second-order valence-corrected chi connectivity index (χ2v) is 9.89. The minimum Gasteiger partial charge on any atom is -0.494 e. The summed E-state index contributed by atoms with van der Waals surface area (Å²) in [6.07, 6.45) is 0. The largest absolute Gasteiger partial charge is 0.494 e. The first-order chi connectivity index (χ1) is 14.5. The quantitative estimate of drug-likeness (QED) is 0.418. The summed E-state index contributed by atoms with van der Waals surface area (Å²) in [5.74, 6) is -0.265. The number of anilines is 1. The van der Waals surface area contributed by atoms with Crippen LogP contribution < -0.4 is 10.1 Å². The van der Waals surface area contributed by atoms with Gasteiger partial charge in [0.1, 0.15) is 5.52 Å². The van der Waals surface area contributed by atoms with Crippen LogP contribution in [0.5, 0.6) is 5.75 Å². The van der Waals surface area contributed by atoms with E-state index in [2.05, 4.69) is 10.3 Å². The topological polar surface area (TPSA) is 132 Å². The predicted molar refractivity (Wildman–Crippen MR) is 117 cm³/mol. The third-order valence-electron chi connectivity index (χ3n) is 4.62. The van der Waals surface area contributed by atoms with Crippen LogP contribution in [0.15, 0.2) is 41.3 Å². The zero-order valence-electron chi connectivity index (χ0n) is 17.1. The normalized spacial score (nSPS) is 11.8. The molecule has 1 amide bonds. The number of methoxy groups -OCH3 is 1. The van der Waals surface area contributed by atoms with Crippen LogP contribution in [0.3, 0.4) is 0 Å². The molecule has 0 atom stereocenters. The lowest BCUT2D eigenvalue weighted by atomic mass is 10.2. The summed E-state index contributed by atoms with van der Waals surface area (Å²) in [6.45, 7) is 3.53. The molecule has 1 aromatic heterocycles. The van der Waals surface area contributed by atoms with E-state index in [1.807, 2.05) is 0 Å². The summed E-state index contributed by atoms with van der Waals surface area (Å²) in [5, 5.41) is 13.9. The molecular weight excluding hydrogens is 444 g/mol. The summed E-state index contributed by atoms with van der Waals surface area (Å²) in [6, 6.07) is 7.98. The number of nitrogens with zero attached hydrogens (tertiary/aromatic N) is 3. The van der Waals surface area contributed by atoms with Crippen molar-refractivity contribution >= 4 is 48.3 Å². The number of carbonyl (C=O) groups excluding carboxylic acids is 1. The first kappa shape index (κ1) is 22.6. The first-order valence-electron chi connectivity index (χ1n) is 9.07. The molecule has 1 N–H and O–H groups in total. The number of benzene rings is 2. The Balaban J connectivity index is 1.85. The van der Waals surface area contributed by atoms with Gasteiger partial charge in [0.25, 0.3) is 11.6 Å². The lowest BCUT2D eigenvalue weighted by molar-refractivity contribution is -0.384. The molecule has 0 aliphatic heterocycles. The number of carbonyl (C=O) groups is 1. The Morgan fingerprint density at radius 3 is 2.45 bits per heavy atom. The van der Waals surface area contributed by atoms with Gasteiger partial charge < -0.3 is 4.74 Å². The molecule has 10 nitrogen and oxygen atoms in total. The molecule has 12 heteroatoms. The van der Waals surface area contributed by atoms with Crippen LogP contribution >= 0.6 is 11.3 Å². The molecule has 0 spiro atoms. The number of nitro benzene ring substituents is 1. The number of non-ortho nitro benzene ring substituents is 1. The summed E-state index contributed by atoms with van der Waals surface area (Å²) in [5.41, 5.74) is 0.490. The Bertz CT molecular complexity index is 1250. The van der Waals surface area contributed by atoms with Crippen LogP contribution in [0.1, 0.15) is 24.2 Å². The predicted octanol–water partition coefficient (Wildman–Crippen LogP) is 3.49. The zero-order chi connectivity index (χ0) is 22.9. The van der Waals surface area contributed by atoms with Gasteiger partial charge in [-0.25, -0.2) is 13.4 Å². The van der Waals surface area contributed by atoms with E-state index in [1.54, 1.807) is 13.8 Å². The van der Waals surface area contributed by atoms with Gasteiger partial charge in [-0.3, -0.25) is 20.2 Å². The lowest BCUT2D eigenvalue weighted by Crippen LogP contribution is -2.33. The summed E-state index contributed by atoms with van der Waals surface area (Å²) in [4.78, 5) is 27.5. The molecule has 2 aromatic carbocycles. The van der Waals surface area contributed by atoms with Crippen molar-refractivity contribution in [3.05, 3.63) is 52.1 Å². The van der Waals surface area contributed by atoms with Gasteiger partial charge >= 0.3 is 0 Å². The van der Waals surface area contributed by atoms with Crippen molar-refractivity contribution in [2.75, 3.05) is 19.5 Å². The minimum atomic E-state index is -3.65. The molecule has 3 rings (SSSR count). The maximum absolute atomic E-state index is 12.6. The van der Waals surface area contributed by atoms with Gasteiger partial charge in [0, 0.05) is 24.7 Å². The summed E-state index contributed by atoms with van der Waals surface area (Å²) < 4.78 is 32.0. The van der Waals surface area contributed by atoms with E-state index in [-0.39, 0.29) is 33.1 Å². The van der Waals surface area contributed by atoms with Crippen LogP contribution in [-0.4, -0.2) is 48.7 Å². The lowest BCUT2D eigenvalue weighted by Gasteiger charge is -2.20. The fourth-order valence-electron chi connectivity index (χ4n) is 2.69. The van der Waals surface area contributed by atoms with Crippen molar-refractivity contribution < 1.29 is 22.9 Å². The number of ether oxygens (including phenoxy) is 1. The Morgan fingerprint density at radius 2 is 1.90 bits per heavy atom. The molecule has 0 unspecified atom stereocenters. The number of fused-ring (bicyclic) bond motifs is 1. The molecule has 164 valence electrons. The molecule has 0 saturated heterocycles. The molecule has 0 fully saturated rings. The van der Waals surface area contributed by atoms with Gasteiger partial charge in [0.05, 0.1) is 27.7 Å². The van der Waals surface area contributed by atoms with Crippen molar-refractivity contribution in [3.63, 3.8) is 0 Å².